The van der Waals surface area contributed by atoms with E-state index in [0.717, 1.165) is 23.2 Å². The molecule has 0 aliphatic carbocycles. The lowest BCUT2D eigenvalue weighted by Crippen LogP contribution is -2.29. The molecular formula is C23H23N3O3S. The van der Waals surface area contributed by atoms with Crippen LogP contribution in [0.4, 0.5) is 11.4 Å². The van der Waals surface area contributed by atoms with Crippen molar-refractivity contribution in [3.05, 3.63) is 83.7 Å². The van der Waals surface area contributed by atoms with Crippen LogP contribution in [-0.4, -0.2) is 25.9 Å². The number of benzene rings is 2. The van der Waals surface area contributed by atoms with E-state index in [1.165, 1.54) is 6.20 Å². The number of hydrogen-bond donors (Lipinski definition) is 1. The highest BCUT2D eigenvalue weighted by atomic mass is 32.2. The molecule has 0 fully saturated rings. The molecule has 3 aromatic rings. The van der Waals surface area contributed by atoms with Gasteiger partial charge in [-0.1, -0.05) is 32.0 Å². The number of carbonyl (C=O) groups excluding carboxylic acids is 1. The van der Waals surface area contributed by atoms with E-state index in [2.05, 4.69) is 23.6 Å². The number of rotatable bonds is 5. The second-order valence-corrected chi connectivity index (χ2v) is 9.30. The Morgan fingerprint density at radius 1 is 1.10 bits per heavy atom. The van der Waals surface area contributed by atoms with E-state index in [1.807, 2.05) is 18.2 Å². The fourth-order valence-electron chi connectivity index (χ4n) is 3.54. The summed E-state index contributed by atoms with van der Waals surface area (Å²) >= 11 is 0. The summed E-state index contributed by atoms with van der Waals surface area (Å²) in [4.78, 5) is 18.7. The Labute approximate surface area is 176 Å². The fraction of sp³-hybridized carbons (Fsp3) is 0.217. The molecule has 0 saturated carbocycles. The van der Waals surface area contributed by atoms with Crippen molar-refractivity contribution in [2.24, 2.45) is 0 Å². The largest absolute Gasteiger partial charge is 0.308 e. The maximum absolute atomic E-state index is 12.9. The zero-order valence-corrected chi connectivity index (χ0v) is 17.7. The van der Waals surface area contributed by atoms with E-state index < -0.39 is 10.0 Å². The summed E-state index contributed by atoms with van der Waals surface area (Å²) in [5.41, 5.74) is 3.74. The summed E-state index contributed by atoms with van der Waals surface area (Å²) in [7, 11) is -3.73. The number of aromatic nitrogens is 1. The van der Waals surface area contributed by atoms with Crippen molar-refractivity contribution in [1.82, 2.24) is 4.98 Å². The van der Waals surface area contributed by atoms with Crippen LogP contribution in [0.5, 0.6) is 0 Å². The van der Waals surface area contributed by atoms with Gasteiger partial charge in [0.15, 0.2) is 0 Å². The molecule has 2 heterocycles. The molecular weight excluding hydrogens is 398 g/mol. The van der Waals surface area contributed by atoms with Crippen molar-refractivity contribution < 1.29 is 13.2 Å². The number of sulfonamides is 1. The third-order valence-electron chi connectivity index (χ3n) is 5.24. The molecule has 0 radical (unpaired) electrons. The fourth-order valence-corrected chi connectivity index (χ4v) is 4.59. The van der Waals surface area contributed by atoms with Gasteiger partial charge in [-0.05, 0) is 59.9 Å². The number of fused-ring (bicyclic) bond motifs is 1. The maximum atomic E-state index is 12.9. The molecule has 0 spiro atoms. The maximum Gasteiger partial charge on any atom is 0.261 e. The van der Waals surface area contributed by atoms with Crippen LogP contribution in [0.1, 0.15) is 41.3 Å². The van der Waals surface area contributed by atoms with Gasteiger partial charge in [0.1, 0.15) is 0 Å². The Kier molecular flexibility index (Phi) is 5.30. The monoisotopic (exact) mass is 421 g/mol. The number of nitrogens with zero attached hydrogens (tertiary/aromatic N) is 2. The first-order chi connectivity index (χ1) is 14.3. The van der Waals surface area contributed by atoms with Gasteiger partial charge in [-0.25, -0.2) is 8.42 Å². The molecule has 0 unspecified atom stereocenters. The lowest BCUT2D eigenvalue weighted by Gasteiger charge is -2.18. The van der Waals surface area contributed by atoms with Crippen LogP contribution in [0.15, 0.2) is 71.9 Å². The molecule has 1 N–H and O–H groups in total. The van der Waals surface area contributed by atoms with E-state index in [4.69, 9.17) is 0 Å². The van der Waals surface area contributed by atoms with Crippen LogP contribution in [0.3, 0.4) is 0 Å². The molecule has 1 aliphatic heterocycles. The van der Waals surface area contributed by atoms with E-state index in [9.17, 15) is 13.2 Å². The van der Waals surface area contributed by atoms with E-state index in [0.29, 0.717) is 23.7 Å². The Morgan fingerprint density at radius 2 is 1.87 bits per heavy atom. The van der Waals surface area contributed by atoms with Crippen molar-refractivity contribution in [2.45, 2.75) is 31.1 Å². The van der Waals surface area contributed by atoms with Crippen molar-refractivity contribution in [3.63, 3.8) is 0 Å². The summed E-state index contributed by atoms with van der Waals surface area (Å²) in [6.07, 6.45) is 3.88. The zero-order valence-electron chi connectivity index (χ0n) is 16.9. The first-order valence-corrected chi connectivity index (χ1v) is 11.3. The third-order valence-corrected chi connectivity index (χ3v) is 6.64. The molecule has 30 heavy (non-hydrogen) atoms. The van der Waals surface area contributed by atoms with Crippen molar-refractivity contribution in [2.75, 3.05) is 16.2 Å². The smallest absolute Gasteiger partial charge is 0.261 e. The normalized spacial score (nSPS) is 13.4. The van der Waals surface area contributed by atoms with Crippen LogP contribution in [0.25, 0.3) is 0 Å². The van der Waals surface area contributed by atoms with Gasteiger partial charge in [0.05, 0.1) is 16.1 Å². The van der Waals surface area contributed by atoms with Crippen molar-refractivity contribution >= 4 is 27.3 Å². The minimum atomic E-state index is -3.73. The Balaban J connectivity index is 1.59. The van der Waals surface area contributed by atoms with E-state index in [-0.39, 0.29) is 10.8 Å². The number of carbonyl (C=O) groups is 1. The van der Waals surface area contributed by atoms with Crippen molar-refractivity contribution in [1.29, 1.82) is 0 Å². The summed E-state index contributed by atoms with van der Waals surface area (Å²) in [5, 5.41) is 0. The highest BCUT2D eigenvalue weighted by molar-refractivity contribution is 7.92. The number of pyridine rings is 1. The second kappa shape index (κ2) is 7.91. The van der Waals surface area contributed by atoms with Gasteiger partial charge in [0, 0.05) is 24.6 Å². The van der Waals surface area contributed by atoms with E-state index in [1.54, 1.807) is 47.5 Å². The quantitative estimate of drug-likeness (QED) is 0.669. The van der Waals surface area contributed by atoms with Crippen molar-refractivity contribution in [3.8, 4) is 0 Å². The lowest BCUT2D eigenvalue weighted by atomic mass is 10.0. The lowest BCUT2D eigenvalue weighted by molar-refractivity contribution is 0.0989. The van der Waals surface area contributed by atoms with Crippen LogP contribution in [-0.2, 0) is 16.4 Å². The standard InChI is InChI=1S/C23H23N3O3S/c1-16(2)17-6-9-21(10-7-17)30(28,29)25-20-8-5-18-11-13-26(22(18)14-20)23(27)19-4-3-12-24-15-19/h3-10,12,14-16,25H,11,13H2,1-2H3. The first-order valence-electron chi connectivity index (χ1n) is 9.83. The molecule has 7 heteroatoms. The van der Waals surface area contributed by atoms with E-state index >= 15 is 0 Å². The summed E-state index contributed by atoms with van der Waals surface area (Å²) in [6, 6.07) is 15.7. The highest BCUT2D eigenvalue weighted by Gasteiger charge is 2.26. The van der Waals surface area contributed by atoms with Gasteiger partial charge >= 0.3 is 0 Å². The Bertz CT molecular complexity index is 1170. The topological polar surface area (TPSA) is 79.4 Å². The zero-order chi connectivity index (χ0) is 21.3. The van der Waals surface area contributed by atoms with Crippen LogP contribution in [0.2, 0.25) is 0 Å². The molecule has 154 valence electrons. The predicted molar refractivity (Wildman–Crippen MR) is 117 cm³/mol. The van der Waals surface area contributed by atoms with Gasteiger partial charge in [-0.15, -0.1) is 0 Å². The van der Waals surface area contributed by atoms with Crippen LogP contribution < -0.4 is 9.62 Å². The van der Waals surface area contributed by atoms with Crippen LogP contribution >= 0.6 is 0 Å². The van der Waals surface area contributed by atoms with Gasteiger partial charge in [-0.3, -0.25) is 14.5 Å². The Hall–Kier alpha value is -3.19. The highest BCUT2D eigenvalue weighted by Crippen LogP contribution is 2.32. The SMILES string of the molecule is CC(C)c1ccc(S(=O)(=O)Nc2ccc3c(c2)N(C(=O)c2cccnc2)CC3)cc1. The Morgan fingerprint density at radius 3 is 2.53 bits per heavy atom. The molecule has 1 amide bonds. The van der Waals surface area contributed by atoms with Gasteiger partial charge in [0.25, 0.3) is 15.9 Å². The predicted octanol–water partition coefficient (Wildman–Crippen LogP) is 4.21. The van der Waals surface area contributed by atoms with Gasteiger partial charge in [-0.2, -0.15) is 0 Å². The molecule has 1 aliphatic rings. The summed E-state index contributed by atoms with van der Waals surface area (Å²) < 4.78 is 28.3. The molecule has 2 aromatic carbocycles. The molecule has 1 aromatic heterocycles. The number of hydrogen-bond acceptors (Lipinski definition) is 4. The van der Waals surface area contributed by atoms with Crippen LogP contribution in [0, 0.1) is 0 Å². The average Bonchev–Trinajstić information content (AvgIpc) is 3.17. The first kappa shape index (κ1) is 20.1. The third kappa shape index (κ3) is 3.93. The summed E-state index contributed by atoms with van der Waals surface area (Å²) in [6.45, 7) is 4.67. The van der Waals surface area contributed by atoms with Gasteiger partial charge in [0.2, 0.25) is 0 Å². The molecule has 0 bridgehead atoms. The second-order valence-electron chi connectivity index (χ2n) is 7.62. The molecule has 4 rings (SSSR count). The van der Waals surface area contributed by atoms with Gasteiger partial charge < -0.3 is 4.90 Å². The molecule has 0 saturated heterocycles. The molecule has 6 nitrogen and oxygen atoms in total. The molecule has 0 atom stereocenters. The minimum absolute atomic E-state index is 0.147. The number of anilines is 2. The summed E-state index contributed by atoms with van der Waals surface area (Å²) in [5.74, 6) is 0.181. The minimum Gasteiger partial charge on any atom is -0.308 e. The number of nitrogens with one attached hydrogen (secondary N) is 1. The number of amides is 1. The average molecular weight is 422 g/mol.